The molecule has 2 unspecified atom stereocenters. The Bertz CT molecular complexity index is 418. The van der Waals surface area contributed by atoms with E-state index in [2.05, 4.69) is 16.1 Å². The van der Waals surface area contributed by atoms with Crippen LogP contribution in [0.4, 0.5) is 8.78 Å². The fraction of sp³-hybridized carbons (Fsp3) is 0.462. The minimum atomic E-state index is -2.84. The number of rotatable bonds is 6. The van der Waals surface area contributed by atoms with E-state index in [0.29, 0.717) is 12.1 Å². The Hall–Kier alpha value is -1.67. The summed E-state index contributed by atoms with van der Waals surface area (Å²) < 4.78 is 29.0. The van der Waals surface area contributed by atoms with Crippen LogP contribution < -0.4 is 10.1 Å². The van der Waals surface area contributed by atoms with E-state index in [4.69, 9.17) is 5.26 Å². The number of nitrogens with one attached hydrogen (secondary N) is 1. The summed E-state index contributed by atoms with van der Waals surface area (Å²) in [4.78, 5) is 0. The van der Waals surface area contributed by atoms with Crippen molar-refractivity contribution in [2.45, 2.75) is 26.5 Å². The summed E-state index contributed by atoms with van der Waals surface area (Å²) in [5, 5.41) is 11.8. The van der Waals surface area contributed by atoms with Gasteiger partial charge in [-0.1, -0.05) is 18.2 Å². The predicted octanol–water partition coefficient (Wildman–Crippen LogP) is 3.10. The number of nitrogens with zero attached hydrogens (tertiary/aromatic N) is 1. The maximum Gasteiger partial charge on any atom is 0.387 e. The number of benzene rings is 1. The predicted molar refractivity (Wildman–Crippen MR) is 64.3 cm³/mol. The van der Waals surface area contributed by atoms with Crippen molar-refractivity contribution in [3.8, 4) is 11.8 Å². The van der Waals surface area contributed by atoms with Crippen molar-refractivity contribution >= 4 is 0 Å². The molecule has 0 saturated heterocycles. The first-order valence-electron chi connectivity index (χ1n) is 5.71. The van der Waals surface area contributed by atoms with Crippen molar-refractivity contribution in [3.05, 3.63) is 29.8 Å². The molecule has 98 valence electrons. The highest BCUT2D eigenvalue weighted by molar-refractivity contribution is 5.35. The molecule has 0 bridgehead atoms. The van der Waals surface area contributed by atoms with E-state index >= 15 is 0 Å². The number of hydrogen-bond acceptors (Lipinski definition) is 3. The fourth-order valence-corrected chi connectivity index (χ4v) is 1.55. The van der Waals surface area contributed by atoms with Crippen molar-refractivity contribution in [1.29, 1.82) is 5.26 Å². The fourth-order valence-electron chi connectivity index (χ4n) is 1.55. The van der Waals surface area contributed by atoms with Gasteiger partial charge in [0.25, 0.3) is 0 Å². The lowest BCUT2D eigenvalue weighted by molar-refractivity contribution is -0.0506. The summed E-state index contributed by atoms with van der Waals surface area (Å²) in [6.45, 7) is 1.30. The van der Waals surface area contributed by atoms with Crippen LogP contribution in [0.3, 0.4) is 0 Å². The molecule has 0 aliphatic rings. The van der Waals surface area contributed by atoms with Gasteiger partial charge in [-0.05, 0) is 19.9 Å². The van der Waals surface area contributed by atoms with E-state index in [0.717, 1.165) is 0 Å². The lowest BCUT2D eigenvalue weighted by Gasteiger charge is -2.18. The highest BCUT2D eigenvalue weighted by Gasteiger charge is 2.14. The third-order valence-corrected chi connectivity index (χ3v) is 2.55. The zero-order chi connectivity index (χ0) is 13.5. The lowest BCUT2D eigenvalue weighted by Crippen LogP contribution is -2.24. The van der Waals surface area contributed by atoms with Crippen LogP contribution in [0.25, 0.3) is 0 Å². The summed E-state index contributed by atoms with van der Waals surface area (Å²) in [6, 6.07) is 8.59. The van der Waals surface area contributed by atoms with E-state index in [1.807, 2.05) is 6.92 Å². The van der Waals surface area contributed by atoms with Crippen molar-refractivity contribution in [1.82, 2.24) is 5.32 Å². The van der Waals surface area contributed by atoms with Gasteiger partial charge >= 0.3 is 6.61 Å². The van der Waals surface area contributed by atoms with Gasteiger partial charge in [0.15, 0.2) is 0 Å². The third kappa shape index (κ3) is 4.30. The van der Waals surface area contributed by atoms with Crippen molar-refractivity contribution in [2.75, 3.05) is 6.54 Å². The number of para-hydroxylation sites is 1. The molecule has 18 heavy (non-hydrogen) atoms. The molecule has 0 aliphatic carbocycles. The molecule has 1 rings (SSSR count). The average Bonchev–Trinajstić information content (AvgIpc) is 2.35. The number of halogens is 2. The topological polar surface area (TPSA) is 45.0 Å². The SMILES string of the molecule is CC(C#N)CNC(C)c1ccccc1OC(F)F. The molecule has 2 atom stereocenters. The number of nitriles is 1. The molecule has 0 radical (unpaired) electrons. The van der Waals surface area contributed by atoms with Gasteiger partial charge in [0.2, 0.25) is 0 Å². The quantitative estimate of drug-likeness (QED) is 0.848. The highest BCUT2D eigenvalue weighted by atomic mass is 19.3. The molecule has 0 fully saturated rings. The van der Waals surface area contributed by atoms with Gasteiger partial charge in [-0.2, -0.15) is 14.0 Å². The van der Waals surface area contributed by atoms with Crippen molar-refractivity contribution in [3.63, 3.8) is 0 Å². The van der Waals surface area contributed by atoms with Gasteiger partial charge in [0.05, 0.1) is 12.0 Å². The first kappa shape index (κ1) is 14.4. The Morgan fingerprint density at radius 3 is 2.61 bits per heavy atom. The standard InChI is InChI=1S/C13H16F2N2O/c1-9(7-16)8-17-10(2)11-5-3-4-6-12(11)18-13(14)15/h3-6,9-10,13,17H,8H2,1-2H3. The Kier molecular flexibility index (Phi) is 5.53. The second-order valence-electron chi connectivity index (χ2n) is 4.08. The normalized spacial score (nSPS) is 14.0. The molecule has 3 nitrogen and oxygen atoms in total. The largest absolute Gasteiger partial charge is 0.434 e. The molecule has 0 aliphatic heterocycles. The Balaban J connectivity index is 2.72. The van der Waals surface area contributed by atoms with Crippen LogP contribution in [0.15, 0.2) is 24.3 Å². The van der Waals surface area contributed by atoms with E-state index in [1.165, 1.54) is 6.07 Å². The van der Waals surface area contributed by atoms with Gasteiger partial charge in [-0.3, -0.25) is 0 Å². The third-order valence-electron chi connectivity index (χ3n) is 2.55. The summed E-state index contributed by atoms with van der Waals surface area (Å²) in [7, 11) is 0. The van der Waals surface area contributed by atoms with E-state index < -0.39 is 6.61 Å². The minimum absolute atomic E-state index is 0.129. The van der Waals surface area contributed by atoms with E-state index in [-0.39, 0.29) is 17.7 Å². The van der Waals surface area contributed by atoms with Gasteiger partial charge < -0.3 is 10.1 Å². The van der Waals surface area contributed by atoms with E-state index in [1.54, 1.807) is 25.1 Å². The van der Waals surface area contributed by atoms with E-state index in [9.17, 15) is 8.78 Å². The van der Waals surface area contributed by atoms with Crippen LogP contribution in [0.2, 0.25) is 0 Å². The Morgan fingerprint density at radius 2 is 2.00 bits per heavy atom. The summed E-state index contributed by atoms with van der Waals surface area (Å²) >= 11 is 0. The number of ether oxygens (including phenoxy) is 1. The van der Waals surface area contributed by atoms with Crippen LogP contribution in [0.1, 0.15) is 25.5 Å². The van der Waals surface area contributed by atoms with Crippen LogP contribution in [-0.2, 0) is 0 Å². The highest BCUT2D eigenvalue weighted by Crippen LogP contribution is 2.26. The molecule has 1 N–H and O–H groups in total. The van der Waals surface area contributed by atoms with Gasteiger partial charge in [-0.25, -0.2) is 0 Å². The Labute approximate surface area is 105 Å². The maximum absolute atomic E-state index is 12.2. The first-order valence-corrected chi connectivity index (χ1v) is 5.71. The summed E-state index contributed by atoms with van der Waals surface area (Å²) in [5.41, 5.74) is 0.655. The van der Waals surface area contributed by atoms with Crippen LogP contribution in [0, 0.1) is 17.2 Å². The van der Waals surface area contributed by atoms with Crippen molar-refractivity contribution in [2.24, 2.45) is 5.92 Å². The first-order chi connectivity index (χ1) is 8.54. The van der Waals surface area contributed by atoms with Gasteiger partial charge in [0.1, 0.15) is 5.75 Å². The molecule has 0 saturated carbocycles. The second kappa shape index (κ2) is 6.92. The molecule has 0 spiro atoms. The zero-order valence-corrected chi connectivity index (χ0v) is 10.4. The van der Waals surface area contributed by atoms with Crippen LogP contribution in [0.5, 0.6) is 5.75 Å². The minimum Gasteiger partial charge on any atom is -0.434 e. The second-order valence-corrected chi connectivity index (χ2v) is 4.08. The molecule has 1 aromatic rings. The van der Waals surface area contributed by atoms with Crippen molar-refractivity contribution < 1.29 is 13.5 Å². The number of hydrogen-bond donors (Lipinski definition) is 1. The molecule has 0 heterocycles. The molecule has 0 aromatic heterocycles. The van der Waals surface area contributed by atoms with Gasteiger partial charge in [0, 0.05) is 18.2 Å². The maximum atomic E-state index is 12.2. The van der Waals surface area contributed by atoms with Crippen LogP contribution >= 0.6 is 0 Å². The molecule has 1 aromatic carbocycles. The summed E-state index contributed by atoms with van der Waals surface area (Å²) in [5.74, 6) is 0.0349. The zero-order valence-electron chi connectivity index (χ0n) is 10.4. The lowest BCUT2D eigenvalue weighted by atomic mass is 10.1. The Morgan fingerprint density at radius 1 is 1.33 bits per heavy atom. The number of alkyl halides is 2. The molecular weight excluding hydrogens is 238 g/mol. The smallest absolute Gasteiger partial charge is 0.387 e. The molecular formula is C13H16F2N2O. The van der Waals surface area contributed by atoms with Crippen LogP contribution in [-0.4, -0.2) is 13.2 Å². The molecule has 0 amide bonds. The monoisotopic (exact) mass is 254 g/mol. The average molecular weight is 254 g/mol. The molecule has 5 heteroatoms. The summed E-state index contributed by atoms with van der Waals surface area (Å²) in [6.07, 6.45) is 0. The van der Waals surface area contributed by atoms with Gasteiger partial charge in [-0.15, -0.1) is 0 Å².